The first-order valence-corrected chi connectivity index (χ1v) is 5.09. The number of carbonyl (C=O) groups excluding carboxylic acids is 2. The van der Waals surface area contributed by atoms with Crippen molar-refractivity contribution in [1.82, 2.24) is 5.32 Å². The van der Waals surface area contributed by atoms with Crippen LogP contribution in [0.4, 0.5) is 0 Å². The first-order chi connectivity index (χ1) is 7.24. The maximum absolute atomic E-state index is 11.5. The van der Waals surface area contributed by atoms with Gasteiger partial charge in [0.05, 0.1) is 0 Å². The lowest BCUT2D eigenvalue weighted by Gasteiger charge is -2.03. The van der Waals surface area contributed by atoms with Gasteiger partial charge in [-0.1, -0.05) is 25.1 Å². The molecule has 80 valence electrons. The highest BCUT2D eigenvalue weighted by atomic mass is 16.1. The van der Waals surface area contributed by atoms with Crippen molar-refractivity contribution in [2.75, 3.05) is 6.54 Å². The van der Waals surface area contributed by atoms with Gasteiger partial charge in [0, 0.05) is 24.9 Å². The molecule has 0 heterocycles. The van der Waals surface area contributed by atoms with E-state index >= 15 is 0 Å². The van der Waals surface area contributed by atoms with Gasteiger partial charge in [0.15, 0.2) is 0 Å². The van der Waals surface area contributed by atoms with Gasteiger partial charge in [0.25, 0.3) is 5.91 Å². The molecule has 0 unspecified atom stereocenters. The van der Waals surface area contributed by atoms with Crippen molar-refractivity contribution in [3.63, 3.8) is 0 Å². The second kappa shape index (κ2) is 5.96. The van der Waals surface area contributed by atoms with Crippen LogP contribution in [0.5, 0.6) is 0 Å². The molecule has 0 aliphatic heterocycles. The summed E-state index contributed by atoms with van der Waals surface area (Å²) < 4.78 is 0. The van der Waals surface area contributed by atoms with Gasteiger partial charge in [-0.15, -0.1) is 0 Å². The molecular weight excluding hydrogens is 190 g/mol. The Morgan fingerprint density at radius 2 is 1.87 bits per heavy atom. The van der Waals surface area contributed by atoms with Gasteiger partial charge < -0.3 is 5.32 Å². The Hall–Kier alpha value is -1.64. The maximum atomic E-state index is 11.5. The van der Waals surface area contributed by atoms with Crippen molar-refractivity contribution in [1.29, 1.82) is 0 Å². The van der Waals surface area contributed by atoms with E-state index in [9.17, 15) is 9.59 Å². The lowest BCUT2D eigenvalue weighted by atomic mass is 10.2. The predicted molar refractivity (Wildman–Crippen MR) is 58.7 cm³/mol. The Labute approximate surface area is 89.5 Å². The summed E-state index contributed by atoms with van der Waals surface area (Å²) >= 11 is 0. The molecule has 3 heteroatoms. The van der Waals surface area contributed by atoms with Crippen LogP contribution in [0.2, 0.25) is 0 Å². The largest absolute Gasteiger partial charge is 0.352 e. The molecule has 0 aliphatic carbocycles. The van der Waals surface area contributed by atoms with Crippen LogP contribution in [0, 0.1) is 0 Å². The van der Waals surface area contributed by atoms with E-state index in [2.05, 4.69) is 5.32 Å². The highest BCUT2D eigenvalue weighted by Gasteiger charge is 2.04. The van der Waals surface area contributed by atoms with Gasteiger partial charge in [-0.05, 0) is 12.1 Å². The Kier molecular flexibility index (Phi) is 4.54. The minimum absolute atomic E-state index is 0.125. The molecule has 0 saturated carbocycles. The molecule has 0 aromatic heterocycles. The zero-order valence-electron chi connectivity index (χ0n) is 8.82. The van der Waals surface area contributed by atoms with Crippen LogP contribution in [-0.4, -0.2) is 18.2 Å². The number of benzene rings is 1. The molecule has 1 rings (SSSR count). The number of hydrogen-bond acceptors (Lipinski definition) is 2. The van der Waals surface area contributed by atoms with Crippen molar-refractivity contribution in [2.45, 2.75) is 19.8 Å². The molecular formula is C12H15NO2. The third-order valence-corrected chi connectivity index (χ3v) is 2.12. The molecule has 0 fully saturated rings. The highest BCUT2D eigenvalue weighted by Crippen LogP contribution is 1.97. The van der Waals surface area contributed by atoms with Gasteiger partial charge in [-0.2, -0.15) is 0 Å². The topological polar surface area (TPSA) is 46.2 Å². The van der Waals surface area contributed by atoms with Crippen LogP contribution in [-0.2, 0) is 4.79 Å². The first-order valence-electron chi connectivity index (χ1n) is 5.09. The Morgan fingerprint density at radius 1 is 1.20 bits per heavy atom. The summed E-state index contributed by atoms with van der Waals surface area (Å²) in [7, 11) is 0. The van der Waals surface area contributed by atoms with E-state index in [-0.39, 0.29) is 11.7 Å². The second-order valence-electron chi connectivity index (χ2n) is 3.26. The van der Waals surface area contributed by atoms with E-state index < -0.39 is 0 Å². The zero-order chi connectivity index (χ0) is 11.1. The minimum Gasteiger partial charge on any atom is -0.352 e. The molecule has 0 atom stereocenters. The molecule has 3 nitrogen and oxygen atoms in total. The van der Waals surface area contributed by atoms with Gasteiger partial charge in [-0.3, -0.25) is 9.59 Å². The second-order valence-corrected chi connectivity index (χ2v) is 3.26. The minimum atomic E-state index is -0.125. The van der Waals surface area contributed by atoms with E-state index in [4.69, 9.17) is 0 Å². The number of rotatable bonds is 5. The van der Waals surface area contributed by atoms with Crippen molar-refractivity contribution >= 4 is 11.7 Å². The fraction of sp³-hybridized carbons (Fsp3) is 0.333. The number of carbonyl (C=O) groups is 2. The summed E-state index contributed by atoms with van der Waals surface area (Å²) in [5, 5.41) is 2.70. The molecule has 1 amide bonds. The lowest BCUT2D eigenvalue weighted by molar-refractivity contribution is -0.118. The van der Waals surface area contributed by atoms with Crippen LogP contribution >= 0.6 is 0 Å². The van der Waals surface area contributed by atoms with E-state index in [0.29, 0.717) is 24.9 Å². The fourth-order valence-corrected chi connectivity index (χ4v) is 1.18. The predicted octanol–water partition coefficient (Wildman–Crippen LogP) is 1.79. The molecule has 0 saturated heterocycles. The fourth-order valence-electron chi connectivity index (χ4n) is 1.18. The van der Waals surface area contributed by atoms with Crippen LogP contribution < -0.4 is 5.32 Å². The first kappa shape index (κ1) is 11.4. The van der Waals surface area contributed by atoms with Gasteiger partial charge in [0.1, 0.15) is 5.78 Å². The third kappa shape index (κ3) is 3.94. The van der Waals surface area contributed by atoms with E-state index in [1.165, 1.54) is 0 Å². The highest BCUT2D eigenvalue weighted by molar-refractivity contribution is 5.94. The molecule has 0 aliphatic rings. The summed E-state index contributed by atoms with van der Waals surface area (Å²) in [5.41, 5.74) is 0.626. The molecule has 0 bridgehead atoms. The zero-order valence-corrected chi connectivity index (χ0v) is 8.82. The summed E-state index contributed by atoms with van der Waals surface area (Å²) in [6, 6.07) is 8.98. The quantitative estimate of drug-likeness (QED) is 0.796. The number of nitrogens with one attached hydrogen (secondary N) is 1. The van der Waals surface area contributed by atoms with E-state index in [1.807, 2.05) is 25.1 Å². The molecule has 0 spiro atoms. The van der Waals surface area contributed by atoms with Crippen LogP contribution in [0.25, 0.3) is 0 Å². The number of amides is 1. The van der Waals surface area contributed by atoms with Crippen molar-refractivity contribution in [3.8, 4) is 0 Å². The lowest BCUT2D eigenvalue weighted by Crippen LogP contribution is -2.25. The number of hydrogen-bond donors (Lipinski definition) is 1. The SMILES string of the molecule is CCC(=O)CCNC(=O)c1ccccc1. The number of ketones is 1. The summed E-state index contributed by atoms with van der Waals surface area (Å²) in [4.78, 5) is 22.5. The smallest absolute Gasteiger partial charge is 0.251 e. The standard InChI is InChI=1S/C12H15NO2/c1-2-11(14)8-9-13-12(15)10-6-4-3-5-7-10/h3-7H,2,8-9H2,1H3,(H,13,15). The van der Waals surface area contributed by atoms with Gasteiger partial charge in [0.2, 0.25) is 0 Å². The summed E-state index contributed by atoms with van der Waals surface area (Å²) in [5.74, 6) is 0.0443. The van der Waals surface area contributed by atoms with Gasteiger partial charge in [-0.25, -0.2) is 0 Å². The van der Waals surface area contributed by atoms with Gasteiger partial charge >= 0.3 is 0 Å². The van der Waals surface area contributed by atoms with Crippen molar-refractivity contribution < 1.29 is 9.59 Å². The average molecular weight is 205 g/mol. The monoisotopic (exact) mass is 205 g/mol. The molecule has 1 N–H and O–H groups in total. The molecule has 1 aromatic rings. The third-order valence-electron chi connectivity index (χ3n) is 2.12. The summed E-state index contributed by atoms with van der Waals surface area (Å²) in [6.45, 7) is 2.24. The maximum Gasteiger partial charge on any atom is 0.251 e. The van der Waals surface area contributed by atoms with Crippen LogP contribution in [0.15, 0.2) is 30.3 Å². The Balaban J connectivity index is 2.34. The van der Waals surface area contributed by atoms with Crippen molar-refractivity contribution in [3.05, 3.63) is 35.9 Å². The molecule has 15 heavy (non-hydrogen) atoms. The van der Waals surface area contributed by atoms with Crippen LogP contribution in [0.1, 0.15) is 30.1 Å². The molecule has 1 aromatic carbocycles. The van der Waals surface area contributed by atoms with Crippen molar-refractivity contribution in [2.24, 2.45) is 0 Å². The Bertz CT molecular complexity index is 333. The van der Waals surface area contributed by atoms with E-state index in [0.717, 1.165) is 0 Å². The van der Waals surface area contributed by atoms with Crippen LogP contribution in [0.3, 0.4) is 0 Å². The number of Topliss-reactive ketones (excluding diaryl/α,β-unsaturated/α-hetero) is 1. The normalized spacial score (nSPS) is 9.67. The van der Waals surface area contributed by atoms with E-state index in [1.54, 1.807) is 12.1 Å². The molecule has 0 radical (unpaired) electrons. The Morgan fingerprint density at radius 3 is 2.47 bits per heavy atom. The average Bonchev–Trinajstić information content (AvgIpc) is 2.29. The summed E-state index contributed by atoms with van der Waals surface area (Å²) in [6.07, 6.45) is 0.941.